The molecular weight excluding hydrogens is 627 g/mol. The average molecular weight is 670 g/mol. The topological polar surface area (TPSA) is 86.8 Å². The smallest absolute Gasteiger partial charge is 0.264 e. The van der Waals surface area contributed by atoms with Gasteiger partial charge in [0.15, 0.2) is 0 Å². The number of benzene rings is 4. The van der Waals surface area contributed by atoms with E-state index in [4.69, 9.17) is 0 Å². The predicted molar refractivity (Wildman–Crippen MR) is 190 cm³/mol. The van der Waals surface area contributed by atoms with E-state index >= 15 is 0 Å². The second kappa shape index (κ2) is 15.7. The van der Waals surface area contributed by atoms with E-state index in [-0.39, 0.29) is 23.4 Å². The molecule has 1 unspecified atom stereocenters. The summed E-state index contributed by atoms with van der Waals surface area (Å²) >= 11 is 1.52. The number of carbonyl (C=O) groups is 2. The molecule has 2 amide bonds. The zero-order chi connectivity index (χ0) is 33.4. The van der Waals surface area contributed by atoms with E-state index in [2.05, 4.69) is 5.32 Å². The van der Waals surface area contributed by atoms with Crippen LogP contribution in [-0.2, 0) is 32.6 Å². The minimum absolute atomic E-state index is 0.0601. The molecule has 7 nitrogen and oxygen atoms in total. The van der Waals surface area contributed by atoms with Gasteiger partial charge in [-0.1, -0.05) is 85.1 Å². The standard InChI is InChI=1S/C38H43N3O4S2/c1-28-17-19-33(20-18-28)41(47(44,45)35-23-21-34(46-3)22-24-35)27-37(42)40(26-31-14-8-7-11-29(31)2)36(25-30-12-5-4-6-13-30)38(43)39-32-15-9-10-16-32/h4-8,11-14,17-24,32,36H,9-10,15-16,25-27H2,1-3H3,(H,39,43). The third kappa shape index (κ3) is 8.64. The highest BCUT2D eigenvalue weighted by Gasteiger charge is 2.35. The highest BCUT2D eigenvalue weighted by Crippen LogP contribution is 2.27. The number of hydrogen-bond donors (Lipinski definition) is 1. The van der Waals surface area contributed by atoms with Crippen LogP contribution in [0.25, 0.3) is 0 Å². The first-order valence-electron chi connectivity index (χ1n) is 16.1. The molecule has 5 rings (SSSR count). The SMILES string of the molecule is CSc1ccc(S(=O)(=O)N(CC(=O)N(Cc2ccccc2C)C(Cc2ccccc2)C(=O)NC2CCCC2)c2ccc(C)cc2)cc1. The van der Waals surface area contributed by atoms with E-state index < -0.39 is 28.5 Å². The van der Waals surface area contributed by atoms with E-state index in [1.165, 1.54) is 16.1 Å². The molecule has 1 fully saturated rings. The van der Waals surface area contributed by atoms with Crippen LogP contribution in [0.2, 0.25) is 0 Å². The van der Waals surface area contributed by atoms with Gasteiger partial charge in [-0.05, 0) is 86.0 Å². The minimum atomic E-state index is -4.15. The normalized spacial score (nSPS) is 14.0. The van der Waals surface area contributed by atoms with Crippen LogP contribution in [0.5, 0.6) is 0 Å². The summed E-state index contributed by atoms with van der Waals surface area (Å²) in [5.74, 6) is -0.680. The van der Waals surface area contributed by atoms with Crippen LogP contribution in [0.4, 0.5) is 5.69 Å². The lowest BCUT2D eigenvalue weighted by atomic mass is 10.0. The molecule has 1 aliphatic carbocycles. The van der Waals surface area contributed by atoms with Crippen LogP contribution in [0.15, 0.2) is 113 Å². The molecule has 0 heterocycles. The lowest BCUT2D eigenvalue weighted by Gasteiger charge is -2.34. The van der Waals surface area contributed by atoms with Gasteiger partial charge >= 0.3 is 0 Å². The highest BCUT2D eigenvalue weighted by molar-refractivity contribution is 7.98. The summed E-state index contributed by atoms with van der Waals surface area (Å²) in [6.45, 7) is 3.59. The number of rotatable bonds is 13. The van der Waals surface area contributed by atoms with Gasteiger partial charge in [0.05, 0.1) is 10.6 Å². The maximum Gasteiger partial charge on any atom is 0.264 e. The third-order valence-electron chi connectivity index (χ3n) is 8.82. The Hall–Kier alpha value is -4.08. The van der Waals surface area contributed by atoms with Crippen molar-refractivity contribution in [2.45, 2.75) is 74.4 Å². The first-order chi connectivity index (χ1) is 22.7. The monoisotopic (exact) mass is 669 g/mol. The molecule has 0 aliphatic heterocycles. The van der Waals surface area contributed by atoms with Crippen molar-refractivity contribution >= 4 is 39.3 Å². The Morgan fingerprint density at radius 2 is 1.49 bits per heavy atom. The maximum absolute atomic E-state index is 14.7. The molecular formula is C38H43N3O4S2. The summed E-state index contributed by atoms with van der Waals surface area (Å²) in [6, 6.07) is 30.4. The number of nitrogens with one attached hydrogen (secondary N) is 1. The van der Waals surface area contributed by atoms with Gasteiger partial charge in [0.2, 0.25) is 11.8 Å². The van der Waals surface area contributed by atoms with E-state index in [0.717, 1.165) is 52.8 Å². The minimum Gasteiger partial charge on any atom is -0.352 e. The van der Waals surface area contributed by atoms with Crippen LogP contribution >= 0.6 is 11.8 Å². The molecule has 4 aromatic carbocycles. The number of hydrogen-bond acceptors (Lipinski definition) is 5. The second-order valence-corrected chi connectivity index (χ2v) is 14.9. The predicted octanol–water partition coefficient (Wildman–Crippen LogP) is 6.92. The van der Waals surface area contributed by atoms with Crippen molar-refractivity contribution in [3.63, 3.8) is 0 Å². The molecule has 0 spiro atoms. The largest absolute Gasteiger partial charge is 0.352 e. The molecule has 0 saturated heterocycles. The molecule has 0 bridgehead atoms. The van der Waals surface area contributed by atoms with Gasteiger partial charge in [0, 0.05) is 23.9 Å². The zero-order valence-electron chi connectivity index (χ0n) is 27.3. The quantitative estimate of drug-likeness (QED) is 0.156. The second-order valence-electron chi connectivity index (χ2n) is 12.2. The number of carbonyl (C=O) groups excluding carboxylic acids is 2. The molecule has 47 heavy (non-hydrogen) atoms. The molecule has 4 aromatic rings. The maximum atomic E-state index is 14.7. The molecule has 0 aromatic heterocycles. The Kier molecular flexibility index (Phi) is 11.4. The Bertz CT molecular complexity index is 1760. The number of anilines is 1. The van der Waals surface area contributed by atoms with Gasteiger partial charge in [-0.15, -0.1) is 11.8 Å². The Labute approximate surface area is 283 Å². The van der Waals surface area contributed by atoms with E-state index in [0.29, 0.717) is 12.1 Å². The van der Waals surface area contributed by atoms with Gasteiger partial charge in [-0.25, -0.2) is 8.42 Å². The summed E-state index contributed by atoms with van der Waals surface area (Å²) in [4.78, 5) is 31.5. The molecule has 246 valence electrons. The Morgan fingerprint density at radius 1 is 0.851 bits per heavy atom. The van der Waals surface area contributed by atoms with Crippen LogP contribution in [0.1, 0.15) is 47.9 Å². The fourth-order valence-electron chi connectivity index (χ4n) is 6.01. The molecule has 1 saturated carbocycles. The molecule has 1 atom stereocenters. The van der Waals surface area contributed by atoms with Crippen molar-refractivity contribution in [1.29, 1.82) is 0 Å². The summed E-state index contributed by atoms with van der Waals surface area (Å²) in [5, 5.41) is 3.23. The zero-order valence-corrected chi connectivity index (χ0v) is 28.9. The average Bonchev–Trinajstić information content (AvgIpc) is 3.60. The number of nitrogens with zero attached hydrogens (tertiary/aromatic N) is 2. The van der Waals surface area contributed by atoms with Crippen molar-refractivity contribution in [3.8, 4) is 0 Å². The first-order valence-corrected chi connectivity index (χ1v) is 18.7. The number of aryl methyl sites for hydroxylation is 2. The fourth-order valence-corrected chi connectivity index (χ4v) is 7.83. The summed E-state index contributed by atoms with van der Waals surface area (Å²) in [6.07, 6.45) is 6.15. The van der Waals surface area contributed by atoms with Gasteiger partial charge in [-0.2, -0.15) is 0 Å². The van der Waals surface area contributed by atoms with Crippen molar-refractivity contribution in [2.75, 3.05) is 17.1 Å². The molecule has 9 heteroatoms. The van der Waals surface area contributed by atoms with Gasteiger partial charge in [-0.3, -0.25) is 13.9 Å². The van der Waals surface area contributed by atoms with E-state index in [1.807, 2.05) is 86.8 Å². The van der Waals surface area contributed by atoms with Crippen molar-refractivity contribution in [1.82, 2.24) is 10.2 Å². The highest BCUT2D eigenvalue weighted by atomic mass is 32.2. The first kappa shape index (κ1) is 34.3. The number of amides is 2. The summed E-state index contributed by atoms with van der Waals surface area (Å²) < 4.78 is 29.7. The van der Waals surface area contributed by atoms with Gasteiger partial charge in [0.1, 0.15) is 12.6 Å². The molecule has 0 radical (unpaired) electrons. The van der Waals surface area contributed by atoms with Crippen LogP contribution < -0.4 is 9.62 Å². The van der Waals surface area contributed by atoms with Crippen LogP contribution in [0, 0.1) is 13.8 Å². The van der Waals surface area contributed by atoms with Gasteiger partial charge < -0.3 is 10.2 Å². The fraction of sp³-hybridized carbons (Fsp3) is 0.316. The third-order valence-corrected chi connectivity index (χ3v) is 11.4. The lowest BCUT2D eigenvalue weighted by Crippen LogP contribution is -2.54. The lowest BCUT2D eigenvalue weighted by molar-refractivity contribution is -0.140. The number of thioether (sulfide) groups is 1. The summed E-state index contributed by atoms with van der Waals surface area (Å²) in [5.41, 5.74) is 4.14. The van der Waals surface area contributed by atoms with E-state index in [1.54, 1.807) is 41.3 Å². The Balaban J connectivity index is 1.56. The van der Waals surface area contributed by atoms with Gasteiger partial charge in [0.25, 0.3) is 10.0 Å². The summed E-state index contributed by atoms with van der Waals surface area (Å²) in [7, 11) is -4.15. The Morgan fingerprint density at radius 3 is 2.13 bits per heavy atom. The van der Waals surface area contributed by atoms with Crippen LogP contribution in [0.3, 0.4) is 0 Å². The van der Waals surface area contributed by atoms with Crippen molar-refractivity contribution in [3.05, 3.63) is 125 Å². The number of sulfonamides is 1. The molecule has 1 aliphatic rings. The van der Waals surface area contributed by atoms with Crippen LogP contribution in [-0.4, -0.2) is 50.0 Å². The molecule has 1 N–H and O–H groups in total. The van der Waals surface area contributed by atoms with E-state index in [9.17, 15) is 18.0 Å². The van der Waals surface area contributed by atoms with Crippen molar-refractivity contribution in [2.24, 2.45) is 0 Å². The van der Waals surface area contributed by atoms with Crippen molar-refractivity contribution < 1.29 is 18.0 Å².